The number of nitrogens with one attached hydrogen (secondary N) is 1. The van der Waals surface area contributed by atoms with E-state index >= 15 is 0 Å². The molecule has 0 radical (unpaired) electrons. The minimum absolute atomic E-state index is 0.0303. The number of anilines is 1. The monoisotopic (exact) mass is 679 g/mol. The first kappa shape index (κ1) is 31.3. The standard InChI is InChI=1S/C30H32BrCl2N3O4S/c1-21(30(38)34-26-7-3-2-4-8-26)35(19-22-10-12-23(31)13-11-22)29(37)20-36(27-9-5-6-25(33)18-27)41(39,40)28-16-14-24(32)15-17-28/h5-6,9-18,21,26H,2-4,7-8,19-20H2,1H3,(H,34,38)/t21-/m0/s1. The fraction of sp³-hybridized carbons (Fsp3) is 0.333. The van der Waals surface area contributed by atoms with Crippen molar-refractivity contribution in [2.75, 3.05) is 10.8 Å². The van der Waals surface area contributed by atoms with Crippen molar-refractivity contribution in [3.63, 3.8) is 0 Å². The second kappa shape index (κ2) is 14.1. The Balaban J connectivity index is 1.67. The molecule has 0 heterocycles. The van der Waals surface area contributed by atoms with Gasteiger partial charge in [-0.05, 0) is 79.9 Å². The minimum Gasteiger partial charge on any atom is -0.352 e. The third kappa shape index (κ3) is 8.25. The van der Waals surface area contributed by atoms with Gasteiger partial charge in [-0.2, -0.15) is 0 Å². The van der Waals surface area contributed by atoms with Crippen LogP contribution in [-0.4, -0.2) is 43.8 Å². The number of nitrogens with zero attached hydrogens (tertiary/aromatic N) is 2. The largest absolute Gasteiger partial charge is 0.352 e. The molecule has 4 rings (SSSR count). The van der Waals surface area contributed by atoms with Crippen LogP contribution in [0, 0.1) is 0 Å². The average Bonchev–Trinajstić information content (AvgIpc) is 2.95. The molecule has 0 bridgehead atoms. The average molecular weight is 681 g/mol. The number of carbonyl (C=O) groups excluding carboxylic acids is 2. The number of carbonyl (C=O) groups is 2. The normalized spacial score (nSPS) is 14.7. The number of benzene rings is 3. The summed E-state index contributed by atoms with van der Waals surface area (Å²) in [5.41, 5.74) is 1.03. The fourth-order valence-electron chi connectivity index (χ4n) is 4.83. The van der Waals surface area contributed by atoms with Gasteiger partial charge >= 0.3 is 0 Å². The van der Waals surface area contributed by atoms with Gasteiger partial charge in [0.05, 0.1) is 10.6 Å². The maximum absolute atomic E-state index is 14.0. The molecule has 218 valence electrons. The van der Waals surface area contributed by atoms with Crippen LogP contribution in [0.1, 0.15) is 44.6 Å². The predicted octanol–water partition coefficient (Wildman–Crippen LogP) is 6.82. The number of amides is 2. The molecular formula is C30H32BrCl2N3O4S. The van der Waals surface area contributed by atoms with Crippen molar-refractivity contribution in [1.82, 2.24) is 10.2 Å². The van der Waals surface area contributed by atoms with E-state index in [2.05, 4.69) is 21.2 Å². The lowest BCUT2D eigenvalue weighted by Crippen LogP contribution is -2.53. The number of rotatable bonds is 10. The highest BCUT2D eigenvalue weighted by atomic mass is 79.9. The number of hydrogen-bond acceptors (Lipinski definition) is 4. The smallest absolute Gasteiger partial charge is 0.264 e. The first-order chi connectivity index (χ1) is 19.5. The van der Waals surface area contributed by atoms with Gasteiger partial charge in [-0.15, -0.1) is 0 Å². The van der Waals surface area contributed by atoms with E-state index in [1.807, 2.05) is 24.3 Å². The van der Waals surface area contributed by atoms with E-state index in [4.69, 9.17) is 23.2 Å². The van der Waals surface area contributed by atoms with Gasteiger partial charge < -0.3 is 10.2 Å². The Labute approximate surface area is 260 Å². The Morgan fingerprint density at radius 3 is 2.24 bits per heavy atom. The van der Waals surface area contributed by atoms with Crippen LogP contribution in [0.5, 0.6) is 0 Å². The topological polar surface area (TPSA) is 86.8 Å². The fourth-order valence-corrected chi connectivity index (χ4v) is 6.81. The lowest BCUT2D eigenvalue weighted by Gasteiger charge is -2.33. The molecule has 0 spiro atoms. The molecule has 1 fully saturated rings. The number of hydrogen-bond donors (Lipinski definition) is 1. The summed E-state index contributed by atoms with van der Waals surface area (Å²) in [5.74, 6) is -0.797. The van der Waals surface area contributed by atoms with Crippen molar-refractivity contribution in [1.29, 1.82) is 0 Å². The zero-order valence-electron chi connectivity index (χ0n) is 22.6. The van der Waals surface area contributed by atoms with Crippen LogP contribution >= 0.6 is 39.1 Å². The van der Waals surface area contributed by atoms with Crippen LogP contribution in [0.4, 0.5) is 5.69 Å². The first-order valence-electron chi connectivity index (χ1n) is 13.4. The van der Waals surface area contributed by atoms with E-state index in [-0.39, 0.29) is 29.1 Å². The van der Waals surface area contributed by atoms with Crippen molar-refractivity contribution in [2.45, 2.75) is 62.6 Å². The van der Waals surface area contributed by atoms with Gasteiger partial charge in [0.1, 0.15) is 12.6 Å². The molecule has 41 heavy (non-hydrogen) atoms. The SMILES string of the molecule is C[C@@H](C(=O)NC1CCCCC1)N(Cc1ccc(Br)cc1)C(=O)CN(c1cccc(Cl)c1)S(=O)(=O)c1ccc(Cl)cc1. The summed E-state index contributed by atoms with van der Waals surface area (Å²) in [6, 6.07) is 18.7. The van der Waals surface area contributed by atoms with E-state index < -0.39 is 28.5 Å². The second-order valence-corrected chi connectivity index (χ2v) is 13.8. The van der Waals surface area contributed by atoms with Crippen molar-refractivity contribution < 1.29 is 18.0 Å². The molecule has 3 aromatic carbocycles. The van der Waals surface area contributed by atoms with Gasteiger partial charge in [0, 0.05) is 27.1 Å². The minimum atomic E-state index is -4.20. The van der Waals surface area contributed by atoms with Gasteiger partial charge in [-0.1, -0.05) is 76.6 Å². The molecule has 11 heteroatoms. The maximum Gasteiger partial charge on any atom is 0.264 e. The molecule has 1 atom stereocenters. The van der Waals surface area contributed by atoms with Crippen molar-refractivity contribution >= 4 is 66.7 Å². The number of sulfonamides is 1. The zero-order chi connectivity index (χ0) is 29.6. The summed E-state index contributed by atoms with van der Waals surface area (Å²) < 4.78 is 29.6. The highest BCUT2D eigenvalue weighted by Gasteiger charge is 2.33. The summed E-state index contributed by atoms with van der Waals surface area (Å²) in [7, 11) is -4.20. The summed E-state index contributed by atoms with van der Waals surface area (Å²) >= 11 is 15.6. The molecular weight excluding hydrogens is 649 g/mol. The lowest BCUT2D eigenvalue weighted by atomic mass is 9.95. The third-order valence-corrected chi connectivity index (χ3v) is 9.97. The summed E-state index contributed by atoms with van der Waals surface area (Å²) in [6.45, 7) is 1.25. The Morgan fingerprint density at radius 1 is 0.951 bits per heavy atom. The lowest BCUT2D eigenvalue weighted by molar-refractivity contribution is -0.139. The Kier molecular flexibility index (Phi) is 10.7. The molecule has 0 unspecified atom stereocenters. The van der Waals surface area contributed by atoms with Crippen molar-refractivity contribution in [3.8, 4) is 0 Å². The molecule has 1 aliphatic carbocycles. The summed E-state index contributed by atoms with van der Waals surface area (Å²) in [6.07, 6.45) is 5.07. The van der Waals surface area contributed by atoms with E-state index in [1.54, 1.807) is 25.1 Å². The van der Waals surface area contributed by atoms with Gasteiger partial charge in [0.25, 0.3) is 10.0 Å². The zero-order valence-corrected chi connectivity index (χ0v) is 26.5. The molecule has 1 N–H and O–H groups in total. The molecule has 1 aliphatic rings. The molecule has 0 saturated heterocycles. The van der Waals surface area contributed by atoms with E-state index in [0.29, 0.717) is 10.0 Å². The van der Waals surface area contributed by atoms with Crippen LogP contribution in [0.2, 0.25) is 10.0 Å². The quantitative estimate of drug-likeness (QED) is 0.255. The van der Waals surface area contributed by atoms with E-state index in [9.17, 15) is 18.0 Å². The molecule has 7 nitrogen and oxygen atoms in total. The summed E-state index contributed by atoms with van der Waals surface area (Å²) in [5, 5.41) is 3.80. The first-order valence-corrected chi connectivity index (χ1v) is 16.4. The highest BCUT2D eigenvalue weighted by molar-refractivity contribution is 9.10. The maximum atomic E-state index is 14.0. The second-order valence-electron chi connectivity index (χ2n) is 10.1. The van der Waals surface area contributed by atoms with Crippen molar-refractivity contribution in [3.05, 3.63) is 92.9 Å². The van der Waals surface area contributed by atoms with Crippen molar-refractivity contribution in [2.24, 2.45) is 0 Å². The van der Waals surface area contributed by atoms with E-state index in [0.717, 1.165) is 46.4 Å². The van der Waals surface area contributed by atoms with E-state index in [1.165, 1.54) is 35.2 Å². The highest BCUT2D eigenvalue weighted by Crippen LogP contribution is 2.28. The molecule has 0 aliphatic heterocycles. The van der Waals surface area contributed by atoms with Gasteiger partial charge in [0.15, 0.2) is 0 Å². The molecule has 1 saturated carbocycles. The van der Waals surface area contributed by atoms with Crippen LogP contribution < -0.4 is 9.62 Å². The summed E-state index contributed by atoms with van der Waals surface area (Å²) in [4.78, 5) is 28.8. The molecule has 0 aromatic heterocycles. The molecule has 2 amide bonds. The van der Waals surface area contributed by atoms with Crippen LogP contribution in [-0.2, 0) is 26.2 Å². The number of halogens is 3. The predicted molar refractivity (Wildman–Crippen MR) is 167 cm³/mol. The Bertz CT molecular complexity index is 1460. The van der Waals surface area contributed by atoms with Crippen LogP contribution in [0.15, 0.2) is 82.2 Å². The molecule has 3 aromatic rings. The Morgan fingerprint density at radius 2 is 1.61 bits per heavy atom. The van der Waals surface area contributed by atoms with Crippen LogP contribution in [0.3, 0.4) is 0 Å². The van der Waals surface area contributed by atoms with Gasteiger partial charge in [-0.25, -0.2) is 8.42 Å². The Hall–Kier alpha value is -2.59. The third-order valence-electron chi connectivity index (χ3n) is 7.16. The van der Waals surface area contributed by atoms with Crippen LogP contribution in [0.25, 0.3) is 0 Å². The van der Waals surface area contributed by atoms with Gasteiger partial charge in [0.2, 0.25) is 11.8 Å². The van der Waals surface area contributed by atoms with Gasteiger partial charge in [-0.3, -0.25) is 13.9 Å².